The highest BCUT2D eigenvalue weighted by Crippen LogP contribution is 2.31. The van der Waals surface area contributed by atoms with Crippen LogP contribution < -0.4 is 15.0 Å². The van der Waals surface area contributed by atoms with Crippen LogP contribution in [0.5, 0.6) is 5.75 Å². The molecule has 0 unspecified atom stereocenters. The molecule has 6 heteroatoms. The monoisotopic (exact) mass is 388 g/mol. The van der Waals surface area contributed by atoms with E-state index in [1.165, 1.54) is 11.3 Å². The molecule has 2 aromatic carbocycles. The lowest BCUT2D eigenvalue weighted by molar-refractivity contribution is 0.0948. The van der Waals surface area contributed by atoms with E-state index in [9.17, 15) is 4.79 Å². The number of amides is 1. The number of aryl methyl sites for hydroxylation is 1. The number of anilines is 2. The second-order valence-electron chi connectivity index (χ2n) is 7.01. The summed E-state index contributed by atoms with van der Waals surface area (Å²) in [5.41, 5.74) is 3.95. The van der Waals surface area contributed by atoms with Crippen molar-refractivity contribution < 1.29 is 9.53 Å². The molecule has 1 aliphatic heterocycles. The van der Waals surface area contributed by atoms with Crippen LogP contribution in [0.2, 0.25) is 0 Å². The van der Waals surface area contributed by atoms with Gasteiger partial charge in [-0.3, -0.25) is 4.79 Å². The van der Waals surface area contributed by atoms with Gasteiger partial charge in [0.1, 0.15) is 5.75 Å². The topological polar surface area (TPSA) is 67.3 Å². The number of para-hydroxylation sites is 1. The van der Waals surface area contributed by atoms with E-state index in [4.69, 9.17) is 4.74 Å². The number of rotatable bonds is 6. The molecular formula is C23H24N4O2. The highest BCUT2D eigenvalue weighted by Gasteiger charge is 2.19. The van der Waals surface area contributed by atoms with E-state index in [-0.39, 0.29) is 5.91 Å². The molecule has 0 spiro atoms. The van der Waals surface area contributed by atoms with Crippen LogP contribution in [0.25, 0.3) is 0 Å². The predicted molar refractivity (Wildman–Crippen MR) is 113 cm³/mol. The van der Waals surface area contributed by atoms with Crippen LogP contribution in [0.15, 0.2) is 60.7 Å². The van der Waals surface area contributed by atoms with Gasteiger partial charge in [-0.05, 0) is 60.7 Å². The third-order valence-corrected chi connectivity index (χ3v) is 5.13. The number of hydrogen-bond acceptors (Lipinski definition) is 5. The summed E-state index contributed by atoms with van der Waals surface area (Å²) in [7, 11) is 1.64. The number of carbonyl (C=O) groups is 1. The normalized spacial score (nSPS) is 12.9. The van der Waals surface area contributed by atoms with Crippen molar-refractivity contribution in [1.82, 2.24) is 15.5 Å². The molecule has 1 N–H and O–H groups in total. The minimum Gasteiger partial charge on any atom is -0.497 e. The Morgan fingerprint density at radius 2 is 1.90 bits per heavy atom. The largest absolute Gasteiger partial charge is 0.497 e. The van der Waals surface area contributed by atoms with Gasteiger partial charge >= 0.3 is 0 Å². The first kappa shape index (κ1) is 18.9. The second-order valence-corrected chi connectivity index (χ2v) is 7.01. The molecule has 4 rings (SSSR count). The molecule has 2 heterocycles. The number of benzene rings is 2. The molecule has 1 amide bonds. The first-order valence-electron chi connectivity index (χ1n) is 9.85. The third-order valence-electron chi connectivity index (χ3n) is 5.13. The molecule has 0 bridgehead atoms. The SMILES string of the molecule is COc1ccc(CCNC(=O)c2ccc(N3CCCc4ccccc43)nn2)cc1. The Hall–Kier alpha value is -3.41. The van der Waals surface area contributed by atoms with Crippen molar-refractivity contribution in [1.29, 1.82) is 0 Å². The van der Waals surface area contributed by atoms with E-state index in [2.05, 4.69) is 38.6 Å². The van der Waals surface area contributed by atoms with Gasteiger partial charge in [-0.25, -0.2) is 0 Å². The number of carbonyl (C=O) groups excluding carboxylic acids is 1. The molecule has 3 aromatic rings. The Bertz CT molecular complexity index is 971. The zero-order valence-electron chi connectivity index (χ0n) is 16.5. The van der Waals surface area contributed by atoms with Crippen molar-refractivity contribution in [3.05, 3.63) is 77.5 Å². The summed E-state index contributed by atoms with van der Waals surface area (Å²) in [5.74, 6) is 1.38. The maximum atomic E-state index is 12.4. The van der Waals surface area contributed by atoms with Gasteiger partial charge in [-0.2, -0.15) is 0 Å². The zero-order chi connectivity index (χ0) is 20.1. The fraction of sp³-hybridized carbons (Fsp3) is 0.261. The lowest BCUT2D eigenvalue weighted by Crippen LogP contribution is -2.28. The molecular weight excluding hydrogens is 364 g/mol. The van der Waals surface area contributed by atoms with E-state index < -0.39 is 0 Å². The van der Waals surface area contributed by atoms with E-state index in [0.29, 0.717) is 12.2 Å². The zero-order valence-corrected chi connectivity index (χ0v) is 16.5. The van der Waals surface area contributed by atoms with Crippen LogP contribution in [0, 0.1) is 0 Å². The molecule has 0 fully saturated rings. The average Bonchev–Trinajstić information content (AvgIpc) is 2.79. The summed E-state index contributed by atoms with van der Waals surface area (Å²) in [5, 5.41) is 11.4. The Morgan fingerprint density at radius 3 is 2.66 bits per heavy atom. The van der Waals surface area contributed by atoms with Crippen molar-refractivity contribution in [2.24, 2.45) is 0 Å². The predicted octanol–water partition coefficient (Wildman–Crippen LogP) is 3.54. The molecule has 1 aromatic heterocycles. The van der Waals surface area contributed by atoms with E-state index >= 15 is 0 Å². The van der Waals surface area contributed by atoms with Crippen molar-refractivity contribution >= 4 is 17.4 Å². The Morgan fingerprint density at radius 1 is 1.07 bits per heavy atom. The third kappa shape index (κ3) is 4.37. The molecule has 0 saturated carbocycles. The number of methoxy groups -OCH3 is 1. The van der Waals surface area contributed by atoms with Crippen LogP contribution in [0.3, 0.4) is 0 Å². The highest BCUT2D eigenvalue weighted by atomic mass is 16.5. The fourth-order valence-corrected chi connectivity index (χ4v) is 3.57. The molecule has 0 atom stereocenters. The summed E-state index contributed by atoms with van der Waals surface area (Å²) in [6.07, 6.45) is 2.90. The maximum Gasteiger partial charge on any atom is 0.271 e. The lowest BCUT2D eigenvalue weighted by Gasteiger charge is -2.29. The van der Waals surface area contributed by atoms with E-state index in [1.807, 2.05) is 36.4 Å². The minimum atomic E-state index is -0.211. The van der Waals surface area contributed by atoms with Crippen molar-refractivity contribution in [3.63, 3.8) is 0 Å². The van der Waals surface area contributed by atoms with E-state index in [0.717, 1.165) is 42.9 Å². The first-order valence-corrected chi connectivity index (χ1v) is 9.85. The van der Waals surface area contributed by atoms with Crippen LogP contribution in [0.4, 0.5) is 11.5 Å². The van der Waals surface area contributed by atoms with Crippen molar-refractivity contribution in [3.8, 4) is 5.75 Å². The second kappa shape index (κ2) is 8.73. The van der Waals surface area contributed by atoms with Crippen LogP contribution >= 0.6 is 0 Å². The Balaban J connectivity index is 1.36. The Labute approximate surface area is 170 Å². The quantitative estimate of drug-likeness (QED) is 0.700. The Kier molecular flexibility index (Phi) is 5.70. The first-order chi connectivity index (χ1) is 14.2. The van der Waals surface area contributed by atoms with Gasteiger partial charge in [0, 0.05) is 18.8 Å². The number of fused-ring (bicyclic) bond motifs is 1. The fourth-order valence-electron chi connectivity index (χ4n) is 3.57. The average molecular weight is 388 g/mol. The summed E-state index contributed by atoms with van der Waals surface area (Å²) < 4.78 is 5.15. The number of nitrogens with zero attached hydrogens (tertiary/aromatic N) is 3. The standard InChI is InChI=1S/C23H24N4O2/c1-29-19-10-8-17(9-11-19)14-15-24-23(28)20-12-13-22(26-25-20)27-16-4-6-18-5-2-3-7-21(18)27/h2-3,5,7-13H,4,6,14-16H2,1H3,(H,24,28). The number of hydrogen-bond donors (Lipinski definition) is 1. The van der Waals surface area contributed by atoms with Gasteiger partial charge in [0.15, 0.2) is 11.5 Å². The smallest absolute Gasteiger partial charge is 0.271 e. The lowest BCUT2D eigenvalue weighted by atomic mass is 10.0. The number of aromatic nitrogens is 2. The van der Waals surface area contributed by atoms with Crippen molar-refractivity contribution in [2.45, 2.75) is 19.3 Å². The summed E-state index contributed by atoms with van der Waals surface area (Å²) in [6, 6.07) is 19.8. The van der Waals surface area contributed by atoms with Gasteiger partial charge in [0.25, 0.3) is 5.91 Å². The molecule has 148 valence electrons. The molecule has 6 nitrogen and oxygen atoms in total. The number of ether oxygens (including phenoxy) is 1. The summed E-state index contributed by atoms with van der Waals surface area (Å²) in [4.78, 5) is 14.5. The van der Waals surface area contributed by atoms with Gasteiger partial charge in [0.2, 0.25) is 0 Å². The van der Waals surface area contributed by atoms with Crippen LogP contribution in [-0.4, -0.2) is 36.3 Å². The van der Waals surface area contributed by atoms with Gasteiger partial charge in [-0.1, -0.05) is 30.3 Å². The highest BCUT2D eigenvalue weighted by molar-refractivity contribution is 5.92. The maximum absolute atomic E-state index is 12.4. The molecule has 29 heavy (non-hydrogen) atoms. The summed E-state index contributed by atoms with van der Waals surface area (Å²) >= 11 is 0. The summed E-state index contributed by atoms with van der Waals surface area (Å²) in [6.45, 7) is 1.44. The number of nitrogens with one attached hydrogen (secondary N) is 1. The van der Waals surface area contributed by atoms with Crippen LogP contribution in [0.1, 0.15) is 28.0 Å². The van der Waals surface area contributed by atoms with Gasteiger partial charge in [-0.15, -0.1) is 10.2 Å². The molecule has 0 radical (unpaired) electrons. The van der Waals surface area contributed by atoms with Gasteiger partial charge < -0.3 is 15.0 Å². The minimum absolute atomic E-state index is 0.211. The van der Waals surface area contributed by atoms with Gasteiger partial charge in [0.05, 0.1) is 7.11 Å². The molecule has 0 saturated heterocycles. The van der Waals surface area contributed by atoms with E-state index in [1.54, 1.807) is 13.2 Å². The molecule has 1 aliphatic rings. The molecule has 0 aliphatic carbocycles. The van der Waals surface area contributed by atoms with Crippen molar-refractivity contribution in [2.75, 3.05) is 25.1 Å². The van der Waals surface area contributed by atoms with Crippen LogP contribution in [-0.2, 0) is 12.8 Å².